The van der Waals surface area contributed by atoms with E-state index in [0.717, 1.165) is 18.9 Å². The first-order valence-corrected chi connectivity index (χ1v) is 7.41. The van der Waals surface area contributed by atoms with E-state index in [-0.39, 0.29) is 40.6 Å². The number of rotatable bonds is 4. The number of ketones is 1. The highest BCUT2D eigenvalue weighted by Gasteiger charge is 2.37. The number of hydrogen-bond donors (Lipinski definition) is 1. The van der Waals surface area contributed by atoms with Crippen molar-refractivity contribution < 1.29 is 18.8 Å². The van der Waals surface area contributed by atoms with Crippen molar-refractivity contribution in [3.05, 3.63) is 28.0 Å². The summed E-state index contributed by atoms with van der Waals surface area (Å²) in [6, 6.07) is 2.69. The molecule has 1 aromatic rings. The van der Waals surface area contributed by atoms with E-state index in [1.165, 1.54) is 11.0 Å². The van der Waals surface area contributed by atoms with Crippen molar-refractivity contribution in [2.75, 3.05) is 11.4 Å². The Hall–Kier alpha value is -1.76. The zero-order valence-electron chi connectivity index (χ0n) is 11.0. The first-order valence-electron chi connectivity index (χ1n) is 6.62. The number of benzene rings is 1. The van der Waals surface area contributed by atoms with Crippen LogP contribution in [0.15, 0.2) is 16.6 Å². The van der Waals surface area contributed by atoms with Gasteiger partial charge in [0.05, 0.1) is 15.7 Å². The number of nitrogens with zero attached hydrogens (tertiary/aromatic N) is 1. The van der Waals surface area contributed by atoms with Gasteiger partial charge in [0.2, 0.25) is 5.91 Å². The van der Waals surface area contributed by atoms with Gasteiger partial charge in [-0.05, 0) is 40.9 Å². The van der Waals surface area contributed by atoms with E-state index >= 15 is 0 Å². The molecule has 1 aliphatic carbocycles. The number of fused-ring (bicyclic) bond motifs is 1. The summed E-state index contributed by atoms with van der Waals surface area (Å²) in [7, 11) is 0. The van der Waals surface area contributed by atoms with Crippen molar-refractivity contribution in [3.8, 4) is 0 Å². The zero-order chi connectivity index (χ0) is 15.1. The van der Waals surface area contributed by atoms with E-state index in [1.54, 1.807) is 0 Å². The molecule has 1 aliphatic heterocycles. The molecule has 3 rings (SSSR count). The second kappa shape index (κ2) is 5.22. The summed E-state index contributed by atoms with van der Waals surface area (Å²) in [6.07, 6.45) is 2.05. The van der Waals surface area contributed by atoms with Crippen LogP contribution in [0.4, 0.5) is 10.1 Å². The van der Waals surface area contributed by atoms with E-state index in [0.29, 0.717) is 0 Å². The standard InChI is InChI=1S/C14H12BrFN2O3/c15-9-5-8-11(6-10(9)16)18(14(21)13(8)20)4-3-12(19)17-7-1-2-7/h5-7H,1-4H2,(H,17,19). The molecule has 5 nitrogen and oxygen atoms in total. The van der Waals surface area contributed by atoms with Crippen LogP contribution in [0.25, 0.3) is 0 Å². The molecule has 0 unspecified atom stereocenters. The number of amides is 2. The molecule has 7 heteroatoms. The van der Waals surface area contributed by atoms with Crippen LogP contribution in [0.3, 0.4) is 0 Å². The summed E-state index contributed by atoms with van der Waals surface area (Å²) < 4.78 is 13.7. The van der Waals surface area contributed by atoms with Crippen molar-refractivity contribution in [2.45, 2.75) is 25.3 Å². The van der Waals surface area contributed by atoms with Crippen molar-refractivity contribution in [2.24, 2.45) is 0 Å². The first kappa shape index (κ1) is 14.2. The average molecular weight is 355 g/mol. The molecule has 1 saturated carbocycles. The summed E-state index contributed by atoms with van der Waals surface area (Å²) in [6.45, 7) is 0.0667. The molecule has 1 fully saturated rings. The fourth-order valence-electron chi connectivity index (χ4n) is 2.25. The maximum Gasteiger partial charge on any atom is 0.299 e. The Balaban J connectivity index is 1.77. The maximum absolute atomic E-state index is 13.6. The van der Waals surface area contributed by atoms with Crippen LogP contribution in [-0.2, 0) is 9.59 Å². The van der Waals surface area contributed by atoms with Crippen molar-refractivity contribution in [1.82, 2.24) is 5.32 Å². The Labute approximate surface area is 128 Å². The molecular weight excluding hydrogens is 343 g/mol. The van der Waals surface area contributed by atoms with Crippen molar-refractivity contribution in [3.63, 3.8) is 0 Å². The molecule has 0 radical (unpaired) electrons. The van der Waals surface area contributed by atoms with E-state index in [1.807, 2.05) is 0 Å². The van der Waals surface area contributed by atoms with Gasteiger partial charge >= 0.3 is 0 Å². The minimum absolute atomic E-state index is 0.0667. The number of halogens is 2. The van der Waals surface area contributed by atoms with Crippen LogP contribution in [-0.4, -0.2) is 30.2 Å². The van der Waals surface area contributed by atoms with Gasteiger partial charge in [-0.2, -0.15) is 0 Å². The molecule has 0 atom stereocenters. The number of carbonyl (C=O) groups excluding carboxylic acids is 3. The molecular formula is C14H12BrFN2O3. The highest BCUT2D eigenvalue weighted by molar-refractivity contribution is 9.10. The maximum atomic E-state index is 13.6. The molecule has 21 heavy (non-hydrogen) atoms. The summed E-state index contributed by atoms with van der Waals surface area (Å²) in [5.74, 6) is -2.11. The molecule has 0 bridgehead atoms. The van der Waals surface area contributed by atoms with Crippen LogP contribution >= 0.6 is 15.9 Å². The predicted molar refractivity (Wildman–Crippen MR) is 76.6 cm³/mol. The van der Waals surface area contributed by atoms with Gasteiger partial charge in [-0.15, -0.1) is 0 Å². The van der Waals surface area contributed by atoms with Gasteiger partial charge in [-0.25, -0.2) is 4.39 Å². The fraction of sp³-hybridized carbons (Fsp3) is 0.357. The van der Waals surface area contributed by atoms with Gasteiger partial charge in [-0.1, -0.05) is 0 Å². The quantitative estimate of drug-likeness (QED) is 0.838. The number of nitrogens with one attached hydrogen (secondary N) is 1. The van der Waals surface area contributed by atoms with Crippen LogP contribution in [0, 0.1) is 5.82 Å². The zero-order valence-corrected chi connectivity index (χ0v) is 12.6. The number of anilines is 1. The average Bonchev–Trinajstić information content (AvgIpc) is 3.21. The minimum atomic E-state index is -0.721. The smallest absolute Gasteiger partial charge is 0.299 e. The molecule has 0 aromatic heterocycles. The molecule has 0 spiro atoms. The first-order chi connectivity index (χ1) is 9.97. The highest BCUT2D eigenvalue weighted by Crippen LogP contribution is 2.33. The van der Waals surface area contributed by atoms with E-state index in [9.17, 15) is 18.8 Å². The Morgan fingerprint density at radius 2 is 2.10 bits per heavy atom. The van der Waals surface area contributed by atoms with Gasteiger partial charge in [0.1, 0.15) is 5.82 Å². The molecule has 2 amide bonds. The summed E-state index contributed by atoms with van der Waals surface area (Å²) in [4.78, 5) is 36.6. The second-order valence-electron chi connectivity index (χ2n) is 5.16. The van der Waals surface area contributed by atoms with Gasteiger partial charge in [-0.3, -0.25) is 14.4 Å². The normalized spacial score (nSPS) is 17.1. The summed E-state index contributed by atoms with van der Waals surface area (Å²) in [5.41, 5.74) is 0.390. The monoisotopic (exact) mass is 354 g/mol. The Bertz CT molecular complexity index is 658. The number of hydrogen-bond acceptors (Lipinski definition) is 3. The number of carbonyl (C=O) groups is 3. The lowest BCUT2D eigenvalue weighted by Crippen LogP contribution is -2.35. The van der Waals surface area contributed by atoms with Gasteiger partial charge in [0, 0.05) is 19.0 Å². The van der Waals surface area contributed by atoms with Crippen LogP contribution < -0.4 is 10.2 Å². The Morgan fingerprint density at radius 1 is 1.38 bits per heavy atom. The third-order valence-corrected chi connectivity index (χ3v) is 4.13. The van der Waals surface area contributed by atoms with Crippen LogP contribution in [0.1, 0.15) is 29.6 Å². The Morgan fingerprint density at radius 3 is 2.76 bits per heavy atom. The third kappa shape index (κ3) is 2.70. The largest absolute Gasteiger partial charge is 0.353 e. The lowest BCUT2D eigenvalue weighted by Gasteiger charge is -2.16. The third-order valence-electron chi connectivity index (χ3n) is 3.52. The van der Waals surface area contributed by atoms with E-state index in [4.69, 9.17) is 0 Å². The lowest BCUT2D eigenvalue weighted by atomic mass is 10.1. The fourth-order valence-corrected chi connectivity index (χ4v) is 2.59. The molecule has 0 saturated heterocycles. The van der Waals surface area contributed by atoms with E-state index < -0.39 is 17.5 Å². The predicted octanol–water partition coefficient (Wildman–Crippen LogP) is 1.79. The minimum Gasteiger partial charge on any atom is -0.353 e. The highest BCUT2D eigenvalue weighted by atomic mass is 79.9. The topological polar surface area (TPSA) is 66.5 Å². The van der Waals surface area contributed by atoms with Gasteiger partial charge in [0.15, 0.2) is 0 Å². The second-order valence-corrected chi connectivity index (χ2v) is 6.02. The van der Waals surface area contributed by atoms with Gasteiger partial charge in [0.25, 0.3) is 11.7 Å². The van der Waals surface area contributed by atoms with E-state index in [2.05, 4.69) is 21.2 Å². The SMILES string of the molecule is O=C(CCN1C(=O)C(=O)c2cc(Br)c(F)cc21)NC1CC1. The summed E-state index contributed by atoms with van der Waals surface area (Å²) in [5, 5.41) is 2.80. The van der Waals surface area contributed by atoms with Crippen LogP contribution in [0.5, 0.6) is 0 Å². The van der Waals surface area contributed by atoms with Crippen LogP contribution in [0.2, 0.25) is 0 Å². The van der Waals surface area contributed by atoms with Crippen molar-refractivity contribution >= 4 is 39.2 Å². The lowest BCUT2D eigenvalue weighted by molar-refractivity contribution is -0.121. The Kier molecular flexibility index (Phi) is 3.52. The molecule has 2 aliphatic rings. The molecule has 1 N–H and O–H groups in total. The molecule has 1 heterocycles. The van der Waals surface area contributed by atoms with Gasteiger partial charge < -0.3 is 10.2 Å². The number of Topliss-reactive ketones (excluding diaryl/α,β-unsaturated/α-hetero) is 1. The summed E-state index contributed by atoms with van der Waals surface area (Å²) >= 11 is 2.99. The molecule has 1 aromatic carbocycles. The molecule has 110 valence electrons. The van der Waals surface area contributed by atoms with Crippen molar-refractivity contribution in [1.29, 1.82) is 0 Å².